The first kappa shape index (κ1) is 13.4. The van der Waals surface area contributed by atoms with Crippen molar-refractivity contribution in [2.24, 2.45) is 0 Å². The molecular weight excluding hydrogens is 177 g/mol. The highest BCUT2D eigenvalue weighted by molar-refractivity contribution is 7.58. The Labute approximate surface area is 85.5 Å². The summed E-state index contributed by atoms with van der Waals surface area (Å²) in [5.74, 6) is 0. The molecule has 0 atom stereocenters. The second kappa shape index (κ2) is 4.28. The monoisotopic (exact) mass is 203 g/mol. The molecule has 1 nitrogen and oxygen atoms in total. The van der Waals surface area contributed by atoms with Crippen LogP contribution in [0.3, 0.4) is 0 Å². The van der Waals surface area contributed by atoms with Crippen molar-refractivity contribution in [2.75, 3.05) is 0 Å². The minimum absolute atomic E-state index is 0.132. The van der Waals surface area contributed by atoms with Crippen LogP contribution >= 0.6 is 8.07 Å². The van der Waals surface area contributed by atoms with Gasteiger partial charge in [0.25, 0.3) is 0 Å². The highest BCUT2D eigenvalue weighted by Gasteiger charge is 2.34. The molecule has 0 spiro atoms. The summed E-state index contributed by atoms with van der Waals surface area (Å²) in [5, 5.41) is 4.50. The molecule has 0 saturated carbocycles. The second-order valence-corrected chi connectivity index (χ2v) is 9.57. The van der Waals surface area contributed by atoms with E-state index in [2.05, 4.69) is 60.5 Å². The van der Waals surface area contributed by atoms with Crippen molar-refractivity contribution in [3.8, 4) is 0 Å². The third-order valence-corrected chi connectivity index (χ3v) is 5.19. The molecule has 0 aliphatic rings. The molecule has 0 saturated heterocycles. The number of hydrogen-bond donors (Lipinski definition) is 1. The standard InChI is InChI=1S/C11H26NP/c1-9(2)12-13(10(3,4)5)11(6,7)8/h9,12H,1-8H3. The molecule has 1 N–H and O–H groups in total. The van der Waals surface area contributed by atoms with Gasteiger partial charge in [-0.2, -0.15) is 0 Å². The summed E-state index contributed by atoms with van der Waals surface area (Å²) < 4.78 is 0. The predicted molar refractivity (Wildman–Crippen MR) is 64.7 cm³/mol. The predicted octanol–water partition coefficient (Wildman–Crippen LogP) is 3.98. The van der Waals surface area contributed by atoms with Gasteiger partial charge in [-0.3, -0.25) is 5.09 Å². The van der Waals surface area contributed by atoms with Crippen LogP contribution in [0.4, 0.5) is 0 Å². The molecule has 0 radical (unpaired) electrons. The van der Waals surface area contributed by atoms with Gasteiger partial charge in [-0.05, 0) is 32.2 Å². The summed E-state index contributed by atoms with van der Waals surface area (Å²) in [5.41, 5.74) is 0. The van der Waals surface area contributed by atoms with Crippen LogP contribution in [-0.2, 0) is 0 Å². The molecule has 80 valence electrons. The maximum atomic E-state index is 3.72. The molecule has 0 amide bonds. The molecule has 0 unspecified atom stereocenters. The fourth-order valence-electron chi connectivity index (χ4n) is 1.65. The van der Waals surface area contributed by atoms with Crippen molar-refractivity contribution < 1.29 is 0 Å². The Morgan fingerprint density at radius 3 is 1.23 bits per heavy atom. The molecule has 0 aliphatic carbocycles. The molecule has 0 aromatic rings. The van der Waals surface area contributed by atoms with Gasteiger partial charge in [0.1, 0.15) is 0 Å². The quantitative estimate of drug-likeness (QED) is 0.669. The summed E-state index contributed by atoms with van der Waals surface area (Å²) in [6, 6.07) is 0.588. The van der Waals surface area contributed by atoms with Gasteiger partial charge >= 0.3 is 0 Å². The van der Waals surface area contributed by atoms with Crippen LogP contribution in [0.1, 0.15) is 55.4 Å². The van der Waals surface area contributed by atoms with E-state index in [-0.39, 0.29) is 8.07 Å². The number of nitrogens with one attached hydrogen (secondary N) is 1. The second-order valence-electron chi connectivity index (χ2n) is 5.96. The molecule has 13 heavy (non-hydrogen) atoms. The molecule has 2 heteroatoms. The zero-order chi connectivity index (χ0) is 10.9. The zero-order valence-corrected chi connectivity index (χ0v) is 11.4. The van der Waals surface area contributed by atoms with Gasteiger partial charge in [0.2, 0.25) is 0 Å². The van der Waals surface area contributed by atoms with E-state index in [1.807, 2.05) is 0 Å². The average molecular weight is 203 g/mol. The Morgan fingerprint density at radius 2 is 1.15 bits per heavy atom. The van der Waals surface area contributed by atoms with Crippen LogP contribution in [-0.4, -0.2) is 16.4 Å². The van der Waals surface area contributed by atoms with E-state index < -0.39 is 0 Å². The van der Waals surface area contributed by atoms with Crippen LogP contribution in [0.15, 0.2) is 0 Å². The normalized spacial score (nSPS) is 14.3. The van der Waals surface area contributed by atoms with E-state index in [1.54, 1.807) is 0 Å². The minimum atomic E-state index is -0.132. The van der Waals surface area contributed by atoms with E-state index in [0.717, 1.165) is 0 Å². The Morgan fingerprint density at radius 1 is 0.846 bits per heavy atom. The van der Waals surface area contributed by atoms with Gasteiger partial charge in [0.05, 0.1) is 0 Å². The van der Waals surface area contributed by atoms with Crippen LogP contribution < -0.4 is 5.09 Å². The maximum absolute atomic E-state index is 3.72. The van der Waals surface area contributed by atoms with Crippen LogP contribution in [0.5, 0.6) is 0 Å². The van der Waals surface area contributed by atoms with Gasteiger partial charge in [-0.15, -0.1) is 0 Å². The van der Waals surface area contributed by atoms with E-state index in [9.17, 15) is 0 Å². The van der Waals surface area contributed by atoms with E-state index in [0.29, 0.717) is 16.4 Å². The van der Waals surface area contributed by atoms with Gasteiger partial charge < -0.3 is 0 Å². The molecule has 0 aromatic carbocycles. The molecule has 0 aromatic heterocycles. The zero-order valence-electron chi connectivity index (χ0n) is 10.5. The number of hydrogen-bond acceptors (Lipinski definition) is 1. The van der Waals surface area contributed by atoms with Crippen LogP contribution in [0.2, 0.25) is 0 Å². The lowest BCUT2D eigenvalue weighted by Gasteiger charge is -2.42. The molecule has 0 rings (SSSR count). The van der Waals surface area contributed by atoms with Crippen molar-refractivity contribution in [1.82, 2.24) is 5.09 Å². The topological polar surface area (TPSA) is 12.0 Å². The highest BCUT2D eigenvalue weighted by atomic mass is 31.1. The largest absolute Gasteiger partial charge is 0.292 e. The lowest BCUT2D eigenvalue weighted by Crippen LogP contribution is -2.35. The Balaban J connectivity index is 4.58. The van der Waals surface area contributed by atoms with E-state index in [1.165, 1.54) is 0 Å². The molecule has 0 heterocycles. The first-order valence-electron chi connectivity index (χ1n) is 5.11. The highest BCUT2D eigenvalue weighted by Crippen LogP contribution is 2.56. The average Bonchev–Trinajstić information content (AvgIpc) is 1.77. The van der Waals surface area contributed by atoms with Crippen molar-refractivity contribution in [3.05, 3.63) is 0 Å². The Hall–Kier alpha value is 0.390. The minimum Gasteiger partial charge on any atom is -0.292 e. The van der Waals surface area contributed by atoms with Crippen molar-refractivity contribution in [3.63, 3.8) is 0 Å². The lowest BCUT2D eigenvalue weighted by atomic mass is 10.2. The Bertz CT molecular complexity index is 136. The maximum Gasteiger partial charge on any atom is 0.00470 e. The third kappa shape index (κ3) is 4.98. The Kier molecular flexibility index (Phi) is 4.40. The summed E-state index contributed by atoms with van der Waals surface area (Å²) in [7, 11) is -0.132. The fourth-order valence-corrected chi connectivity index (χ4v) is 4.96. The third-order valence-electron chi connectivity index (χ3n) is 1.73. The smallest absolute Gasteiger partial charge is 0.00470 e. The van der Waals surface area contributed by atoms with Gasteiger partial charge in [-0.1, -0.05) is 41.5 Å². The summed E-state index contributed by atoms with van der Waals surface area (Å²) in [6.45, 7) is 18.5. The fraction of sp³-hybridized carbons (Fsp3) is 1.00. The first-order chi connectivity index (χ1) is 5.55. The lowest BCUT2D eigenvalue weighted by molar-refractivity contribution is 0.652. The van der Waals surface area contributed by atoms with Gasteiger partial charge in [0.15, 0.2) is 0 Å². The number of rotatable bonds is 2. The van der Waals surface area contributed by atoms with Gasteiger partial charge in [-0.25, -0.2) is 0 Å². The molecule has 0 fully saturated rings. The summed E-state index contributed by atoms with van der Waals surface area (Å²) in [6.07, 6.45) is 0. The van der Waals surface area contributed by atoms with E-state index in [4.69, 9.17) is 0 Å². The molecule has 0 aliphatic heterocycles. The molecule has 0 bridgehead atoms. The van der Waals surface area contributed by atoms with Crippen molar-refractivity contribution >= 4 is 8.07 Å². The van der Waals surface area contributed by atoms with Crippen molar-refractivity contribution in [1.29, 1.82) is 0 Å². The van der Waals surface area contributed by atoms with Crippen LogP contribution in [0, 0.1) is 0 Å². The van der Waals surface area contributed by atoms with Crippen molar-refractivity contribution in [2.45, 2.75) is 71.7 Å². The SMILES string of the molecule is CC(C)NP(C(C)(C)C)C(C)(C)C. The first-order valence-corrected chi connectivity index (χ1v) is 6.46. The van der Waals surface area contributed by atoms with Crippen LogP contribution in [0.25, 0.3) is 0 Å². The van der Waals surface area contributed by atoms with E-state index >= 15 is 0 Å². The summed E-state index contributed by atoms with van der Waals surface area (Å²) >= 11 is 0. The summed E-state index contributed by atoms with van der Waals surface area (Å²) in [4.78, 5) is 0. The molecular formula is C11H26NP. The van der Waals surface area contributed by atoms with Gasteiger partial charge in [0, 0.05) is 6.04 Å².